The maximum atomic E-state index is 3.72. The smallest absolute Gasteiger partial charge is 0.0622 e. The molecule has 0 amide bonds. The predicted octanol–water partition coefficient (Wildman–Crippen LogP) is 4.74. The van der Waals surface area contributed by atoms with E-state index in [1.807, 2.05) is 48.5 Å². The lowest BCUT2D eigenvalue weighted by molar-refractivity contribution is 0.872. The molecule has 0 bridgehead atoms. The number of rotatable bonds is 4. The van der Waals surface area contributed by atoms with Gasteiger partial charge >= 0.3 is 0 Å². The van der Waals surface area contributed by atoms with Gasteiger partial charge in [-0.15, -0.1) is 13.2 Å². The Labute approximate surface area is 122 Å². The van der Waals surface area contributed by atoms with Gasteiger partial charge in [-0.05, 0) is 30.6 Å². The third-order valence-corrected chi connectivity index (χ3v) is 2.23. The summed E-state index contributed by atoms with van der Waals surface area (Å²) in [7, 11) is 0. The zero-order valence-electron chi connectivity index (χ0n) is 11.8. The largest absolute Gasteiger partial charge is 0.387 e. The molecule has 0 aliphatic heterocycles. The van der Waals surface area contributed by atoms with Crippen LogP contribution in [0.25, 0.3) is 0 Å². The monoisotopic (exact) mass is 266 g/mol. The molecule has 2 nitrogen and oxygen atoms in total. The maximum Gasteiger partial charge on any atom is 0.0622 e. The highest BCUT2D eigenvalue weighted by Gasteiger charge is 1.84. The van der Waals surface area contributed by atoms with Crippen LogP contribution in [0.4, 0.5) is 5.69 Å². The second-order valence-corrected chi connectivity index (χ2v) is 3.56. The Morgan fingerprint density at radius 1 is 0.900 bits per heavy atom. The van der Waals surface area contributed by atoms with Crippen LogP contribution < -0.4 is 5.32 Å². The molecular formula is C18H22N2. The number of para-hydroxylation sites is 1. The molecule has 0 spiro atoms. The quantitative estimate of drug-likeness (QED) is 0.627. The summed E-state index contributed by atoms with van der Waals surface area (Å²) in [6, 6.07) is 19.9. The topological polar surface area (TPSA) is 24.4 Å². The minimum Gasteiger partial charge on any atom is -0.387 e. The van der Waals surface area contributed by atoms with E-state index < -0.39 is 0 Å². The highest BCUT2D eigenvalue weighted by atomic mass is 14.8. The van der Waals surface area contributed by atoms with Gasteiger partial charge in [0.05, 0.1) is 5.69 Å². The summed E-state index contributed by atoms with van der Waals surface area (Å²) < 4.78 is 0. The van der Waals surface area contributed by atoms with Gasteiger partial charge in [-0.3, -0.25) is 4.99 Å². The van der Waals surface area contributed by atoms with E-state index in [0.717, 1.165) is 12.2 Å². The Morgan fingerprint density at radius 2 is 1.40 bits per heavy atom. The molecule has 20 heavy (non-hydrogen) atoms. The van der Waals surface area contributed by atoms with E-state index in [9.17, 15) is 0 Å². The van der Waals surface area contributed by atoms with Gasteiger partial charge < -0.3 is 5.32 Å². The van der Waals surface area contributed by atoms with E-state index in [-0.39, 0.29) is 0 Å². The van der Waals surface area contributed by atoms with Crippen LogP contribution in [0.3, 0.4) is 0 Å². The Morgan fingerprint density at radius 3 is 1.80 bits per heavy atom. The van der Waals surface area contributed by atoms with Crippen molar-refractivity contribution in [1.29, 1.82) is 0 Å². The number of hydrogen-bond acceptors (Lipinski definition) is 2. The Bertz CT molecular complexity index is 463. The normalized spacial score (nSPS) is 8.00. The fourth-order valence-corrected chi connectivity index (χ4v) is 1.32. The van der Waals surface area contributed by atoms with Crippen molar-refractivity contribution in [2.75, 3.05) is 0 Å². The first-order valence-corrected chi connectivity index (χ1v) is 6.27. The molecule has 0 fully saturated rings. The lowest BCUT2D eigenvalue weighted by Gasteiger charge is -1.98. The van der Waals surface area contributed by atoms with Crippen LogP contribution in [0.15, 0.2) is 91.6 Å². The van der Waals surface area contributed by atoms with Gasteiger partial charge in [-0.2, -0.15) is 0 Å². The Balaban J connectivity index is 0.000000327. The zero-order valence-corrected chi connectivity index (χ0v) is 11.8. The molecule has 104 valence electrons. The lowest BCUT2D eigenvalue weighted by Crippen LogP contribution is -2.02. The first kappa shape index (κ1) is 17.4. The van der Waals surface area contributed by atoms with E-state index in [0.29, 0.717) is 0 Å². The van der Waals surface area contributed by atoms with E-state index >= 15 is 0 Å². The van der Waals surface area contributed by atoms with E-state index in [1.54, 1.807) is 6.20 Å². The molecule has 2 aromatic rings. The fourth-order valence-electron chi connectivity index (χ4n) is 1.32. The number of hydrogen-bond donors (Lipinski definition) is 1. The van der Waals surface area contributed by atoms with Crippen LogP contribution in [-0.2, 0) is 6.54 Å². The molecule has 0 atom stereocenters. The Hall–Kier alpha value is -2.61. The van der Waals surface area contributed by atoms with E-state index in [1.165, 1.54) is 5.56 Å². The van der Waals surface area contributed by atoms with Crippen molar-refractivity contribution in [2.45, 2.75) is 6.54 Å². The molecule has 0 unspecified atom stereocenters. The van der Waals surface area contributed by atoms with Crippen LogP contribution in [0, 0.1) is 0 Å². The van der Waals surface area contributed by atoms with Crippen LogP contribution in [0.1, 0.15) is 5.56 Å². The van der Waals surface area contributed by atoms with Gasteiger partial charge in [-0.25, -0.2) is 0 Å². The standard InChI is InChI=1S/C9H11N.C7H7N.C2H4/c1-2-10-8-9-6-4-3-5-7-9;1-8-7-5-3-2-4-6-7;1-2/h2-7,10H,1,8H2;2-6H,1H2;1-2H2. The second kappa shape index (κ2) is 12.8. The average molecular weight is 266 g/mol. The summed E-state index contributed by atoms with van der Waals surface area (Å²) in [5.74, 6) is 0. The van der Waals surface area contributed by atoms with Crippen LogP contribution >= 0.6 is 0 Å². The molecule has 0 aromatic heterocycles. The van der Waals surface area contributed by atoms with E-state index in [2.05, 4.69) is 48.9 Å². The SMILES string of the molecule is C=C.C=CNCc1ccccc1.C=Nc1ccccc1. The first-order chi connectivity index (χ1) is 9.86. The molecule has 2 heteroatoms. The summed E-state index contributed by atoms with van der Waals surface area (Å²) in [4.78, 5) is 3.72. The van der Waals surface area contributed by atoms with Gasteiger partial charge in [0.15, 0.2) is 0 Å². The first-order valence-electron chi connectivity index (χ1n) is 6.27. The van der Waals surface area contributed by atoms with Crippen molar-refractivity contribution >= 4 is 12.4 Å². The summed E-state index contributed by atoms with van der Waals surface area (Å²) in [6.07, 6.45) is 1.70. The molecule has 2 aromatic carbocycles. The molecule has 0 aliphatic carbocycles. The van der Waals surface area contributed by atoms with Gasteiger partial charge in [0.25, 0.3) is 0 Å². The van der Waals surface area contributed by atoms with Gasteiger partial charge in [-0.1, -0.05) is 55.1 Å². The minimum atomic E-state index is 0.865. The van der Waals surface area contributed by atoms with Crippen molar-refractivity contribution in [3.05, 3.63) is 92.2 Å². The van der Waals surface area contributed by atoms with Crippen molar-refractivity contribution in [2.24, 2.45) is 4.99 Å². The van der Waals surface area contributed by atoms with Crippen LogP contribution in [0.5, 0.6) is 0 Å². The van der Waals surface area contributed by atoms with Crippen molar-refractivity contribution < 1.29 is 0 Å². The predicted molar refractivity (Wildman–Crippen MR) is 90.4 cm³/mol. The van der Waals surface area contributed by atoms with Gasteiger partial charge in [0.2, 0.25) is 0 Å². The highest BCUT2D eigenvalue weighted by molar-refractivity contribution is 5.44. The lowest BCUT2D eigenvalue weighted by atomic mass is 10.2. The third kappa shape index (κ3) is 8.48. The molecule has 0 saturated heterocycles. The van der Waals surface area contributed by atoms with Gasteiger partial charge in [0.1, 0.15) is 0 Å². The number of benzene rings is 2. The Kier molecular flexibility index (Phi) is 11.2. The van der Waals surface area contributed by atoms with Crippen LogP contribution in [0.2, 0.25) is 0 Å². The van der Waals surface area contributed by atoms with Crippen molar-refractivity contribution in [3.63, 3.8) is 0 Å². The molecule has 0 saturated carbocycles. The summed E-state index contributed by atoms with van der Waals surface area (Å²) in [5.41, 5.74) is 2.20. The second-order valence-electron chi connectivity index (χ2n) is 3.56. The third-order valence-electron chi connectivity index (χ3n) is 2.23. The minimum absolute atomic E-state index is 0.865. The number of aliphatic imine (C=N–C) groups is 1. The number of nitrogens with zero attached hydrogens (tertiary/aromatic N) is 1. The molecule has 1 N–H and O–H groups in total. The molecule has 2 rings (SSSR count). The van der Waals surface area contributed by atoms with Crippen molar-refractivity contribution in [1.82, 2.24) is 5.32 Å². The zero-order chi connectivity index (χ0) is 15.1. The summed E-state index contributed by atoms with van der Waals surface area (Å²) >= 11 is 0. The molecule has 0 heterocycles. The summed E-state index contributed by atoms with van der Waals surface area (Å²) in [6.45, 7) is 13.8. The highest BCUT2D eigenvalue weighted by Crippen LogP contribution is 2.06. The van der Waals surface area contributed by atoms with E-state index in [4.69, 9.17) is 0 Å². The molecule has 0 radical (unpaired) electrons. The molecular weight excluding hydrogens is 244 g/mol. The van der Waals surface area contributed by atoms with Gasteiger partial charge in [0, 0.05) is 6.54 Å². The fraction of sp³-hybridized carbons (Fsp3) is 0.0556. The number of nitrogens with one attached hydrogen (secondary N) is 1. The van der Waals surface area contributed by atoms with Crippen LogP contribution in [-0.4, -0.2) is 6.72 Å². The average Bonchev–Trinajstić information content (AvgIpc) is 2.57. The maximum absolute atomic E-state index is 3.72. The summed E-state index contributed by atoms with van der Waals surface area (Å²) in [5, 5.41) is 3.03. The molecule has 0 aliphatic rings. The van der Waals surface area contributed by atoms with Crippen molar-refractivity contribution in [3.8, 4) is 0 Å².